The number of carbonyl (C=O) groups is 5. The minimum absolute atomic E-state index is 0.0131. The van der Waals surface area contributed by atoms with Crippen LogP contribution in [0.1, 0.15) is 50.6 Å². The first-order chi connectivity index (χ1) is 24.4. The molecule has 5 amide bonds. The van der Waals surface area contributed by atoms with E-state index in [1.807, 2.05) is 68.4 Å². The maximum absolute atomic E-state index is 13.8. The van der Waals surface area contributed by atoms with E-state index in [4.69, 9.17) is 4.74 Å². The molecule has 13 nitrogen and oxygen atoms in total. The van der Waals surface area contributed by atoms with Crippen molar-refractivity contribution >= 4 is 51.1 Å². The Morgan fingerprint density at radius 1 is 1.00 bits per heavy atom. The zero-order valence-electron chi connectivity index (χ0n) is 29.5. The van der Waals surface area contributed by atoms with E-state index >= 15 is 0 Å². The largest absolute Gasteiger partial charge is 0.388 e. The zero-order chi connectivity index (χ0) is 36.7. The molecule has 1 aromatic heterocycles. The maximum atomic E-state index is 13.8. The molecule has 14 heteroatoms. The summed E-state index contributed by atoms with van der Waals surface area (Å²) in [6.07, 6.45) is -0.959. The monoisotopic (exact) mass is 720 g/mol. The number of nitrogens with zero attached hydrogens (tertiary/aromatic N) is 3. The van der Waals surface area contributed by atoms with Crippen molar-refractivity contribution in [2.45, 2.75) is 89.3 Å². The molecule has 2 aliphatic rings. The van der Waals surface area contributed by atoms with Crippen LogP contribution in [0.2, 0.25) is 0 Å². The molecular weight excluding hydrogens is 673 g/mol. The fourth-order valence-electron chi connectivity index (χ4n) is 6.42. The van der Waals surface area contributed by atoms with E-state index in [9.17, 15) is 29.1 Å². The number of ether oxygens (including phenoxy) is 1. The van der Waals surface area contributed by atoms with E-state index in [0.29, 0.717) is 19.3 Å². The summed E-state index contributed by atoms with van der Waals surface area (Å²) in [6.45, 7) is 5.08. The molecule has 2 aromatic carbocycles. The van der Waals surface area contributed by atoms with E-state index in [1.165, 1.54) is 28.2 Å². The van der Waals surface area contributed by atoms with Crippen LogP contribution in [0.25, 0.3) is 10.2 Å². The quantitative estimate of drug-likeness (QED) is 0.287. The zero-order valence-corrected chi connectivity index (χ0v) is 30.4. The van der Waals surface area contributed by atoms with Crippen molar-refractivity contribution in [1.82, 2.24) is 30.7 Å². The molecule has 3 aromatic rings. The van der Waals surface area contributed by atoms with E-state index < -0.39 is 60.0 Å². The van der Waals surface area contributed by atoms with Crippen molar-refractivity contribution < 1.29 is 33.8 Å². The van der Waals surface area contributed by atoms with Crippen molar-refractivity contribution in [1.29, 1.82) is 0 Å². The summed E-state index contributed by atoms with van der Waals surface area (Å²) < 4.78 is 6.94. The first kappa shape index (κ1) is 37.8. The van der Waals surface area contributed by atoms with Gasteiger partial charge >= 0.3 is 0 Å². The van der Waals surface area contributed by atoms with E-state index in [2.05, 4.69) is 20.9 Å². The van der Waals surface area contributed by atoms with Crippen LogP contribution in [0.5, 0.6) is 0 Å². The van der Waals surface area contributed by atoms with Gasteiger partial charge < -0.3 is 35.6 Å². The lowest BCUT2D eigenvalue weighted by molar-refractivity contribution is -0.145. The molecule has 4 N–H and O–H groups in total. The highest BCUT2D eigenvalue weighted by Gasteiger charge is 2.39. The van der Waals surface area contributed by atoms with E-state index in [0.717, 1.165) is 20.8 Å². The van der Waals surface area contributed by atoms with Gasteiger partial charge in [0.15, 0.2) is 0 Å². The molecule has 6 atom stereocenters. The molecule has 2 saturated heterocycles. The first-order valence-corrected chi connectivity index (χ1v) is 18.3. The molecule has 3 heterocycles. The van der Waals surface area contributed by atoms with Crippen LogP contribution in [-0.4, -0.2) is 113 Å². The third-order valence-corrected chi connectivity index (χ3v) is 10.5. The Bertz CT molecular complexity index is 1670. The summed E-state index contributed by atoms with van der Waals surface area (Å²) in [4.78, 5) is 75.9. The lowest BCUT2D eigenvalue weighted by Gasteiger charge is -2.38. The summed E-state index contributed by atoms with van der Waals surface area (Å²) in [5, 5.41) is 20.8. The van der Waals surface area contributed by atoms with Crippen molar-refractivity contribution in [3.05, 3.63) is 65.2 Å². The number of amides is 5. The van der Waals surface area contributed by atoms with Crippen LogP contribution < -0.4 is 16.0 Å². The molecule has 5 rings (SSSR count). The van der Waals surface area contributed by atoms with Crippen LogP contribution in [0.15, 0.2) is 54.6 Å². The third-order valence-electron chi connectivity index (χ3n) is 9.42. The molecule has 2 bridgehead atoms. The highest BCUT2D eigenvalue weighted by molar-refractivity contribution is 7.18. The second-order valence-corrected chi connectivity index (χ2v) is 14.9. The van der Waals surface area contributed by atoms with Gasteiger partial charge in [-0.1, -0.05) is 56.3 Å². The number of fused-ring (bicyclic) bond motifs is 3. The summed E-state index contributed by atoms with van der Waals surface area (Å²) in [7, 11) is 1.49. The summed E-state index contributed by atoms with van der Waals surface area (Å²) in [5.41, 5.74) is 1.66. The predicted molar refractivity (Wildman–Crippen MR) is 193 cm³/mol. The Hall–Kier alpha value is -4.40. The van der Waals surface area contributed by atoms with Crippen molar-refractivity contribution in [3.8, 4) is 0 Å². The van der Waals surface area contributed by atoms with Gasteiger partial charge in [-0.05, 0) is 43.4 Å². The van der Waals surface area contributed by atoms with Crippen molar-refractivity contribution in [3.63, 3.8) is 0 Å². The minimum atomic E-state index is -1.21. The van der Waals surface area contributed by atoms with Crippen molar-refractivity contribution in [2.24, 2.45) is 5.92 Å². The average molecular weight is 721 g/mol. The summed E-state index contributed by atoms with van der Waals surface area (Å²) in [6, 6.07) is 13.2. The third kappa shape index (κ3) is 9.89. The van der Waals surface area contributed by atoms with Crippen molar-refractivity contribution in [2.75, 3.05) is 26.7 Å². The number of aromatic nitrogens is 1. The Kier molecular flexibility index (Phi) is 12.8. The van der Waals surface area contributed by atoms with Crippen LogP contribution in [0.3, 0.4) is 0 Å². The molecule has 0 unspecified atom stereocenters. The first-order valence-electron chi connectivity index (χ1n) is 17.5. The smallest absolute Gasteiger partial charge is 0.245 e. The average Bonchev–Trinajstić information content (AvgIpc) is 3.53. The number of benzene rings is 2. The Morgan fingerprint density at radius 2 is 1.73 bits per heavy atom. The fraction of sp³-hybridized carbons (Fsp3) is 0.514. The number of aliphatic hydroxyl groups is 1. The van der Waals surface area contributed by atoms with Gasteiger partial charge in [-0.25, -0.2) is 4.98 Å². The molecule has 274 valence electrons. The topological polar surface area (TPSA) is 170 Å². The minimum Gasteiger partial charge on any atom is -0.388 e. The normalized spacial score (nSPS) is 25.7. The Labute approximate surface area is 302 Å². The van der Waals surface area contributed by atoms with E-state index in [1.54, 1.807) is 6.92 Å². The predicted octanol–water partition coefficient (Wildman–Crippen LogP) is 1.81. The van der Waals surface area contributed by atoms with Gasteiger partial charge in [0, 0.05) is 32.9 Å². The summed E-state index contributed by atoms with van der Waals surface area (Å²) in [5.74, 6) is -2.41. The molecule has 51 heavy (non-hydrogen) atoms. The molecule has 0 saturated carbocycles. The molecule has 2 fully saturated rings. The van der Waals surface area contributed by atoms with Crippen LogP contribution in [0, 0.1) is 5.92 Å². The standard InChI is InChI=1S/C37H48N6O7S/c1-22(2)18-28-37(49)42(4)23(3)35(47)41-27(19-24-10-6-5-7-11-24)36(48)40-26-16-17-50-29(34(26)46)20-43(21-31(44)38-28)33(45)15-14-32-39-25-12-8-9-13-30(25)51-32/h5-13,22-23,26-29,34,46H,14-21H2,1-4H3,(H,38,44)(H,40,48)(H,41,47)/t23-,26-,27-,28+,29+,34-/m0/s1. The van der Waals surface area contributed by atoms with Gasteiger partial charge in [0.25, 0.3) is 0 Å². The number of rotatable bonds is 7. The Balaban J connectivity index is 1.43. The van der Waals surface area contributed by atoms with Crippen LogP contribution >= 0.6 is 11.3 Å². The molecular formula is C37H48N6O7S. The number of aryl methyl sites for hydroxylation is 1. The number of thiazole rings is 1. The molecule has 0 radical (unpaired) electrons. The SMILES string of the molecule is CC(C)C[C@H]1NC(=O)CN(C(=O)CCc2nc3ccccc3s2)C[C@H]2OCC[C@H](NC(=O)[C@H](Cc3ccccc3)NC(=O)[C@H](C)N(C)C1=O)[C@@H]2O. The van der Waals surface area contributed by atoms with Gasteiger partial charge in [-0.3, -0.25) is 24.0 Å². The van der Waals surface area contributed by atoms with Gasteiger partial charge in [-0.15, -0.1) is 11.3 Å². The molecule has 2 aliphatic heterocycles. The molecule has 0 spiro atoms. The number of likely N-dealkylation sites (N-methyl/N-ethyl adjacent to an activating group) is 1. The second kappa shape index (κ2) is 17.2. The molecule has 0 aliphatic carbocycles. The lowest BCUT2D eigenvalue weighted by Crippen LogP contribution is -2.60. The number of carbonyl (C=O) groups excluding carboxylic acids is 5. The van der Waals surface area contributed by atoms with Gasteiger partial charge in [0.05, 0.1) is 34.4 Å². The van der Waals surface area contributed by atoms with Crippen LogP contribution in [0.4, 0.5) is 0 Å². The number of para-hydroxylation sites is 1. The number of aliphatic hydroxyl groups excluding tert-OH is 1. The number of hydrogen-bond acceptors (Lipinski definition) is 9. The maximum Gasteiger partial charge on any atom is 0.245 e. The van der Waals surface area contributed by atoms with Crippen LogP contribution in [-0.2, 0) is 41.6 Å². The van der Waals surface area contributed by atoms with E-state index in [-0.39, 0.29) is 44.4 Å². The lowest BCUT2D eigenvalue weighted by atomic mass is 9.97. The number of nitrogens with one attached hydrogen (secondary N) is 3. The van der Waals surface area contributed by atoms with Gasteiger partial charge in [0.2, 0.25) is 29.5 Å². The number of hydrogen-bond donors (Lipinski definition) is 4. The highest BCUT2D eigenvalue weighted by Crippen LogP contribution is 2.23. The van der Waals surface area contributed by atoms with Gasteiger partial charge in [0.1, 0.15) is 30.3 Å². The highest BCUT2D eigenvalue weighted by atomic mass is 32.1. The fourth-order valence-corrected chi connectivity index (χ4v) is 7.38. The summed E-state index contributed by atoms with van der Waals surface area (Å²) >= 11 is 1.50. The van der Waals surface area contributed by atoms with Gasteiger partial charge in [-0.2, -0.15) is 0 Å². The Morgan fingerprint density at radius 3 is 2.45 bits per heavy atom. The second-order valence-electron chi connectivity index (χ2n) is 13.8.